The van der Waals surface area contributed by atoms with Gasteiger partial charge in [0.25, 0.3) is 0 Å². The fourth-order valence-corrected chi connectivity index (χ4v) is 1.37. The highest BCUT2D eigenvalue weighted by atomic mass is 16.1. The van der Waals surface area contributed by atoms with Gasteiger partial charge in [-0.3, -0.25) is 9.48 Å². The second kappa shape index (κ2) is 3.96. The summed E-state index contributed by atoms with van der Waals surface area (Å²) in [4.78, 5) is 10.2. The Kier molecular flexibility index (Phi) is 2.49. The number of carbonyl (C=O) groups excluding carboxylic acids is 1. The lowest BCUT2D eigenvalue weighted by Crippen LogP contribution is -1.93. The van der Waals surface area contributed by atoms with Gasteiger partial charge in [0.1, 0.15) is 0 Å². The first-order chi connectivity index (χ1) is 7.29. The van der Waals surface area contributed by atoms with Crippen LogP contribution in [0.3, 0.4) is 0 Å². The lowest BCUT2D eigenvalue weighted by Gasteiger charge is -1.99. The van der Waals surface area contributed by atoms with Crippen LogP contribution in [-0.2, 0) is 11.8 Å². The predicted octanol–water partition coefficient (Wildman–Crippen LogP) is 1.66. The molecule has 1 heterocycles. The Morgan fingerprint density at radius 1 is 1.27 bits per heavy atom. The second-order valence-corrected chi connectivity index (χ2v) is 3.21. The smallest absolute Gasteiger partial charge is 0.211 e. The first kappa shape index (κ1) is 9.45. The summed E-state index contributed by atoms with van der Waals surface area (Å²) in [6.07, 6.45) is 2.56. The number of carbonyl (C=O) groups is 1. The average Bonchev–Trinajstić information content (AvgIpc) is 2.67. The molecule has 4 heteroatoms. The van der Waals surface area contributed by atoms with Crippen LogP contribution in [0.1, 0.15) is 0 Å². The van der Waals surface area contributed by atoms with Crippen molar-refractivity contribution in [3.05, 3.63) is 36.5 Å². The highest BCUT2D eigenvalue weighted by Gasteiger charge is 2.00. The quantitative estimate of drug-likeness (QED) is 0.767. The molecule has 76 valence electrons. The minimum Gasteiger partial charge on any atom is -0.329 e. The van der Waals surface area contributed by atoms with Gasteiger partial charge in [0, 0.05) is 24.5 Å². The molecule has 0 bridgehead atoms. The molecule has 2 rings (SSSR count). The molecule has 4 nitrogen and oxygen atoms in total. The summed E-state index contributed by atoms with van der Waals surface area (Å²) in [7, 11) is 1.88. The molecule has 15 heavy (non-hydrogen) atoms. The number of nitrogens with zero attached hydrogens (tertiary/aromatic N) is 2. The van der Waals surface area contributed by atoms with Gasteiger partial charge in [-0.2, -0.15) is 5.10 Å². The van der Waals surface area contributed by atoms with Crippen molar-refractivity contribution in [3.8, 4) is 11.3 Å². The minimum absolute atomic E-state index is 0.662. The van der Waals surface area contributed by atoms with E-state index in [1.807, 2.05) is 43.6 Å². The van der Waals surface area contributed by atoms with Gasteiger partial charge >= 0.3 is 0 Å². The molecule has 1 aromatic heterocycles. The summed E-state index contributed by atoms with van der Waals surface area (Å²) >= 11 is 0. The van der Waals surface area contributed by atoms with Crippen molar-refractivity contribution in [2.45, 2.75) is 0 Å². The maximum atomic E-state index is 10.2. The summed E-state index contributed by atoms with van der Waals surface area (Å²) in [6, 6.07) is 9.49. The number of anilines is 1. The van der Waals surface area contributed by atoms with Gasteiger partial charge in [0.15, 0.2) is 0 Å². The van der Waals surface area contributed by atoms with Crippen LogP contribution in [-0.4, -0.2) is 16.2 Å². The van der Waals surface area contributed by atoms with E-state index in [0.29, 0.717) is 6.41 Å². The molecule has 0 unspecified atom stereocenters. The van der Waals surface area contributed by atoms with Crippen LogP contribution in [0.2, 0.25) is 0 Å². The van der Waals surface area contributed by atoms with E-state index in [4.69, 9.17) is 0 Å². The summed E-state index contributed by atoms with van der Waals surface area (Å²) < 4.78 is 1.76. The molecule has 0 spiro atoms. The standard InChI is InChI=1S/C11H11N3O/c1-14-7-6-11(13-14)9-2-4-10(5-3-9)12-8-15/h2-8H,1H3,(H,12,15). The largest absolute Gasteiger partial charge is 0.329 e. The topological polar surface area (TPSA) is 46.9 Å². The molecular formula is C11H11N3O. The zero-order valence-electron chi connectivity index (χ0n) is 8.34. The Hall–Kier alpha value is -2.10. The molecule has 1 N–H and O–H groups in total. The van der Waals surface area contributed by atoms with Gasteiger partial charge in [0.05, 0.1) is 5.69 Å². The number of nitrogens with one attached hydrogen (secondary N) is 1. The Bertz CT molecular complexity index is 459. The van der Waals surface area contributed by atoms with Crippen molar-refractivity contribution < 1.29 is 4.79 Å². The second-order valence-electron chi connectivity index (χ2n) is 3.21. The molecule has 0 aliphatic rings. The summed E-state index contributed by atoms with van der Waals surface area (Å²) in [6.45, 7) is 0. The molecular weight excluding hydrogens is 190 g/mol. The minimum atomic E-state index is 0.662. The SMILES string of the molecule is Cn1ccc(-c2ccc(NC=O)cc2)n1. The van der Waals surface area contributed by atoms with E-state index in [9.17, 15) is 4.79 Å². The van der Waals surface area contributed by atoms with E-state index < -0.39 is 0 Å². The van der Waals surface area contributed by atoms with Gasteiger partial charge in [-0.25, -0.2) is 0 Å². The highest BCUT2D eigenvalue weighted by Crippen LogP contribution is 2.18. The lowest BCUT2D eigenvalue weighted by molar-refractivity contribution is -0.105. The van der Waals surface area contributed by atoms with Gasteiger partial charge in [-0.1, -0.05) is 12.1 Å². The van der Waals surface area contributed by atoms with Gasteiger partial charge in [-0.15, -0.1) is 0 Å². The van der Waals surface area contributed by atoms with Crippen LogP contribution in [0.25, 0.3) is 11.3 Å². The third-order valence-corrected chi connectivity index (χ3v) is 2.12. The number of rotatable bonds is 3. The van der Waals surface area contributed by atoms with Crippen molar-refractivity contribution in [1.29, 1.82) is 0 Å². The molecule has 0 aliphatic carbocycles. The molecule has 0 saturated heterocycles. The fourth-order valence-electron chi connectivity index (χ4n) is 1.37. The molecule has 0 atom stereocenters. The summed E-state index contributed by atoms with van der Waals surface area (Å²) in [5.74, 6) is 0. The van der Waals surface area contributed by atoms with Crippen molar-refractivity contribution in [3.63, 3.8) is 0 Å². The van der Waals surface area contributed by atoms with Crippen molar-refractivity contribution >= 4 is 12.1 Å². The van der Waals surface area contributed by atoms with E-state index in [1.54, 1.807) is 4.68 Å². The van der Waals surface area contributed by atoms with E-state index in [2.05, 4.69) is 10.4 Å². The Morgan fingerprint density at radius 3 is 2.53 bits per heavy atom. The molecule has 0 aliphatic heterocycles. The molecule has 2 aromatic rings. The Morgan fingerprint density at radius 2 is 2.00 bits per heavy atom. The Labute approximate surface area is 87.5 Å². The lowest BCUT2D eigenvalue weighted by atomic mass is 10.1. The van der Waals surface area contributed by atoms with Crippen LogP contribution >= 0.6 is 0 Å². The number of amides is 1. The van der Waals surface area contributed by atoms with Crippen LogP contribution in [0, 0.1) is 0 Å². The number of hydrogen-bond acceptors (Lipinski definition) is 2. The molecule has 1 aromatic carbocycles. The van der Waals surface area contributed by atoms with Crippen LogP contribution in [0.15, 0.2) is 36.5 Å². The third-order valence-electron chi connectivity index (χ3n) is 2.12. The van der Waals surface area contributed by atoms with E-state index >= 15 is 0 Å². The average molecular weight is 201 g/mol. The highest BCUT2D eigenvalue weighted by molar-refractivity contribution is 5.73. The Balaban J connectivity index is 2.27. The van der Waals surface area contributed by atoms with Crippen molar-refractivity contribution in [2.24, 2.45) is 7.05 Å². The first-order valence-corrected chi connectivity index (χ1v) is 4.60. The molecule has 1 amide bonds. The van der Waals surface area contributed by atoms with Crippen LogP contribution in [0.5, 0.6) is 0 Å². The number of benzene rings is 1. The summed E-state index contributed by atoms with van der Waals surface area (Å²) in [5, 5.41) is 6.87. The number of aryl methyl sites for hydroxylation is 1. The molecule has 0 saturated carbocycles. The maximum absolute atomic E-state index is 10.2. The van der Waals surface area contributed by atoms with E-state index in [-0.39, 0.29) is 0 Å². The van der Waals surface area contributed by atoms with E-state index in [0.717, 1.165) is 16.9 Å². The van der Waals surface area contributed by atoms with Gasteiger partial charge < -0.3 is 5.32 Å². The van der Waals surface area contributed by atoms with Crippen LogP contribution in [0.4, 0.5) is 5.69 Å². The summed E-state index contributed by atoms with van der Waals surface area (Å²) in [5.41, 5.74) is 2.74. The van der Waals surface area contributed by atoms with Crippen molar-refractivity contribution in [1.82, 2.24) is 9.78 Å². The predicted molar refractivity (Wildman–Crippen MR) is 58.3 cm³/mol. The zero-order valence-corrected chi connectivity index (χ0v) is 8.34. The van der Waals surface area contributed by atoms with E-state index in [1.165, 1.54) is 0 Å². The monoisotopic (exact) mass is 201 g/mol. The first-order valence-electron chi connectivity index (χ1n) is 4.60. The van der Waals surface area contributed by atoms with Gasteiger partial charge in [0.2, 0.25) is 6.41 Å². The van der Waals surface area contributed by atoms with Crippen molar-refractivity contribution in [2.75, 3.05) is 5.32 Å². The van der Waals surface area contributed by atoms with Gasteiger partial charge in [-0.05, 0) is 18.2 Å². The normalized spacial score (nSPS) is 9.93. The maximum Gasteiger partial charge on any atom is 0.211 e. The van der Waals surface area contributed by atoms with Crippen LogP contribution < -0.4 is 5.32 Å². The zero-order chi connectivity index (χ0) is 10.7. The fraction of sp³-hybridized carbons (Fsp3) is 0.0909. The number of aromatic nitrogens is 2. The third kappa shape index (κ3) is 2.04. The molecule has 0 radical (unpaired) electrons. The number of hydrogen-bond donors (Lipinski definition) is 1. The molecule has 0 fully saturated rings.